The highest BCUT2D eigenvalue weighted by Crippen LogP contribution is 2.36. The van der Waals surface area contributed by atoms with Gasteiger partial charge in [-0.15, -0.1) is 0 Å². The first-order valence-electron chi connectivity index (χ1n) is 9.82. The lowest BCUT2D eigenvalue weighted by Gasteiger charge is -2.25. The van der Waals surface area contributed by atoms with E-state index in [4.69, 9.17) is 23.5 Å². The van der Waals surface area contributed by atoms with Gasteiger partial charge in [-0.1, -0.05) is 17.3 Å². The van der Waals surface area contributed by atoms with E-state index in [2.05, 4.69) is 19.7 Å². The first-order valence-corrected chi connectivity index (χ1v) is 9.82. The highest BCUT2D eigenvalue weighted by molar-refractivity contribution is 5.63. The molecule has 0 spiro atoms. The van der Waals surface area contributed by atoms with Crippen LogP contribution in [0.25, 0.3) is 23.0 Å². The van der Waals surface area contributed by atoms with Gasteiger partial charge in [-0.2, -0.15) is 4.98 Å². The molecule has 4 heterocycles. The largest absolute Gasteiger partial charge is 0.497 e. The third kappa shape index (κ3) is 3.10. The van der Waals surface area contributed by atoms with E-state index >= 15 is 0 Å². The summed E-state index contributed by atoms with van der Waals surface area (Å²) in [6.45, 7) is 1.26. The average Bonchev–Trinajstić information content (AvgIpc) is 3.57. The molecule has 1 unspecified atom stereocenters. The summed E-state index contributed by atoms with van der Waals surface area (Å²) < 4.78 is 29.7. The second-order valence-electron chi connectivity index (χ2n) is 7.26. The molecule has 2 aliphatic heterocycles. The van der Waals surface area contributed by atoms with Crippen molar-refractivity contribution in [3.05, 3.63) is 60.0 Å². The lowest BCUT2D eigenvalue weighted by Crippen LogP contribution is -2.20. The maximum absolute atomic E-state index is 6.10. The number of fused-ring (bicyclic) bond motifs is 2. The van der Waals surface area contributed by atoms with Gasteiger partial charge < -0.3 is 28.0 Å². The zero-order valence-corrected chi connectivity index (χ0v) is 16.6. The Morgan fingerprint density at radius 3 is 2.81 bits per heavy atom. The van der Waals surface area contributed by atoms with Crippen LogP contribution < -0.4 is 14.2 Å². The minimum atomic E-state index is -0.0627. The molecule has 1 atom stereocenters. The summed E-state index contributed by atoms with van der Waals surface area (Å²) in [4.78, 5) is 9.04. The number of ether oxygens (including phenoxy) is 4. The third-order valence-electron chi connectivity index (χ3n) is 5.48. The summed E-state index contributed by atoms with van der Waals surface area (Å²) in [6, 6.07) is 13.4. The van der Waals surface area contributed by atoms with Crippen molar-refractivity contribution >= 4 is 0 Å². The highest BCUT2D eigenvalue weighted by atomic mass is 16.7. The second-order valence-corrected chi connectivity index (χ2v) is 7.26. The van der Waals surface area contributed by atoms with E-state index in [0.29, 0.717) is 42.1 Å². The Kier molecular flexibility index (Phi) is 4.13. The minimum Gasteiger partial charge on any atom is -0.497 e. The van der Waals surface area contributed by atoms with E-state index < -0.39 is 0 Å². The summed E-state index contributed by atoms with van der Waals surface area (Å²) in [5.41, 5.74) is 3.41. The molecule has 0 aliphatic carbocycles. The van der Waals surface area contributed by atoms with Crippen LogP contribution in [0, 0.1) is 0 Å². The van der Waals surface area contributed by atoms with Crippen molar-refractivity contribution in [3.63, 3.8) is 0 Å². The van der Waals surface area contributed by atoms with Gasteiger partial charge in [0, 0.05) is 5.56 Å². The molecule has 0 saturated heterocycles. The van der Waals surface area contributed by atoms with Crippen LogP contribution in [-0.4, -0.2) is 33.6 Å². The predicted octanol–water partition coefficient (Wildman–Crippen LogP) is 3.61. The van der Waals surface area contributed by atoms with Crippen LogP contribution >= 0.6 is 0 Å². The van der Waals surface area contributed by atoms with Crippen molar-refractivity contribution in [3.8, 4) is 40.2 Å². The van der Waals surface area contributed by atoms with Crippen LogP contribution in [0.15, 0.2) is 53.3 Å². The Bertz CT molecular complexity index is 1250. The molecule has 9 nitrogen and oxygen atoms in total. The maximum Gasteiger partial charge on any atom is 0.278 e. The van der Waals surface area contributed by atoms with Crippen LogP contribution in [0.2, 0.25) is 0 Å². The van der Waals surface area contributed by atoms with Crippen LogP contribution in [0.1, 0.15) is 17.4 Å². The molecule has 156 valence electrons. The normalized spacial score (nSPS) is 16.9. The topological polar surface area (TPSA) is 93.7 Å². The van der Waals surface area contributed by atoms with E-state index in [9.17, 15) is 0 Å². The number of benzene rings is 2. The number of methoxy groups -OCH3 is 1. The van der Waals surface area contributed by atoms with Crippen molar-refractivity contribution in [2.75, 3.05) is 13.9 Å². The van der Waals surface area contributed by atoms with Crippen LogP contribution in [0.3, 0.4) is 0 Å². The number of hydrogen-bond donors (Lipinski definition) is 0. The average molecular weight is 418 g/mol. The first-order chi connectivity index (χ1) is 15.3. The van der Waals surface area contributed by atoms with Crippen molar-refractivity contribution in [2.24, 2.45) is 0 Å². The van der Waals surface area contributed by atoms with Gasteiger partial charge in [0.25, 0.3) is 5.89 Å². The van der Waals surface area contributed by atoms with E-state index in [1.807, 2.05) is 42.5 Å². The van der Waals surface area contributed by atoms with Crippen molar-refractivity contribution in [2.45, 2.75) is 19.3 Å². The standard InChI is InChI=1S/C22H18N4O5/c1-27-15-5-2-13(3-6-15)19-9-26-11-23-20(16(26)10-28-19)22-24-21(25-31-22)14-4-7-17-18(8-14)30-12-29-17/h2-8,11,19H,9-10,12H2,1H3. The number of hydrogen-bond acceptors (Lipinski definition) is 8. The number of nitrogens with zero attached hydrogens (tertiary/aromatic N) is 4. The molecular formula is C22H18N4O5. The lowest BCUT2D eigenvalue weighted by atomic mass is 10.1. The van der Waals surface area contributed by atoms with Crippen molar-refractivity contribution in [1.29, 1.82) is 0 Å². The summed E-state index contributed by atoms with van der Waals surface area (Å²) in [5.74, 6) is 3.01. The van der Waals surface area contributed by atoms with Gasteiger partial charge in [-0.05, 0) is 35.9 Å². The molecular weight excluding hydrogens is 400 g/mol. The molecule has 9 heteroatoms. The molecule has 2 aliphatic rings. The molecule has 0 amide bonds. The van der Waals surface area contributed by atoms with Gasteiger partial charge in [0.05, 0.1) is 32.3 Å². The van der Waals surface area contributed by atoms with E-state index in [1.54, 1.807) is 13.4 Å². The molecule has 0 bridgehead atoms. The molecule has 2 aromatic heterocycles. The Labute approximate surface area is 177 Å². The third-order valence-corrected chi connectivity index (χ3v) is 5.48. The summed E-state index contributed by atoms with van der Waals surface area (Å²) in [7, 11) is 1.65. The first kappa shape index (κ1) is 18.0. The molecule has 2 aromatic carbocycles. The molecule has 0 radical (unpaired) electrons. The van der Waals surface area contributed by atoms with E-state index in [1.165, 1.54) is 0 Å². The molecule has 31 heavy (non-hydrogen) atoms. The minimum absolute atomic E-state index is 0.0627. The van der Waals surface area contributed by atoms with Gasteiger partial charge in [0.15, 0.2) is 17.2 Å². The highest BCUT2D eigenvalue weighted by Gasteiger charge is 2.27. The number of imidazole rings is 1. The lowest BCUT2D eigenvalue weighted by molar-refractivity contribution is 0.00328. The molecule has 0 saturated carbocycles. The van der Waals surface area contributed by atoms with E-state index in [-0.39, 0.29) is 12.9 Å². The van der Waals surface area contributed by atoms with Gasteiger partial charge in [-0.25, -0.2) is 4.98 Å². The van der Waals surface area contributed by atoms with Crippen molar-refractivity contribution in [1.82, 2.24) is 19.7 Å². The predicted molar refractivity (Wildman–Crippen MR) is 108 cm³/mol. The van der Waals surface area contributed by atoms with Crippen LogP contribution in [0.5, 0.6) is 17.2 Å². The number of aromatic nitrogens is 4. The summed E-state index contributed by atoms with van der Waals surface area (Å²) in [6.07, 6.45) is 1.72. The molecule has 0 fully saturated rings. The van der Waals surface area contributed by atoms with Gasteiger partial charge in [0.2, 0.25) is 12.6 Å². The Hall–Kier alpha value is -3.85. The summed E-state index contributed by atoms with van der Waals surface area (Å²) >= 11 is 0. The fourth-order valence-corrected chi connectivity index (χ4v) is 3.80. The quantitative estimate of drug-likeness (QED) is 0.496. The fraction of sp³-hybridized carbons (Fsp3) is 0.227. The Morgan fingerprint density at radius 2 is 1.94 bits per heavy atom. The zero-order chi connectivity index (χ0) is 20.8. The maximum atomic E-state index is 6.10. The Balaban J connectivity index is 1.25. The van der Waals surface area contributed by atoms with Gasteiger partial charge >= 0.3 is 0 Å². The molecule has 6 rings (SSSR count). The summed E-state index contributed by atoms with van der Waals surface area (Å²) in [5, 5.41) is 4.11. The van der Waals surface area contributed by atoms with Crippen LogP contribution in [0.4, 0.5) is 0 Å². The zero-order valence-electron chi connectivity index (χ0n) is 16.6. The van der Waals surface area contributed by atoms with Gasteiger partial charge in [-0.3, -0.25) is 0 Å². The van der Waals surface area contributed by atoms with Crippen molar-refractivity contribution < 1.29 is 23.5 Å². The van der Waals surface area contributed by atoms with Crippen LogP contribution in [-0.2, 0) is 17.9 Å². The smallest absolute Gasteiger partial charge is 0.278 e. The molecule has 4 aromatic rings. The van der Waals surface area contributed by atoms with Gasteiger partial charge in [0.1, 0.15) is 11.9 Å². The van der Waals surface area contributed by atoms with E-state index in [0.717, 1.165) is 22.6 Å². The SMILES string of the molecule is COc1ccc(C2Cn3cnc(-c4nc(-c5ccc6c(c5)OCO6)no4)c3CO2)cc1. The molecule has 0 N–H and O–H groups in total. The number of rotatable bonds is 4. The second kappa shape index (κ2) is 7.13. The fourth-order valence-electron chi connectivity index (χ4n) is 3.80. The monoisotopic (exact) mass is 418 g/mol. The Morgan fingerprint density at radius 1 is 1.06 bits per heavy atom.